The van der Waals surface area contributed by atoms with Gasteiger partial charge in [-0.25, -0.2) is 0 Å². The molecule has 0 radical (unpaired) electrons. The molecule has 130 valence electrons. The average Bonchev–Trinajstić information content (AvgIpc) is 2.61. The lowest BCUT2D eigenvalue weighted by atomic mass is 10.1. The summed E-state index contributed by atoms with van der Waals surface area (Å²) in [6.07, 6.45) is -0.361. The summed E-state index contributed by atoms with van der Waals surface area (Å²) in [6, 6.07) is 14.0. The number of hydrogen-bond acceptors (Lipinski definition) is 4. The molecule has 0 aliphatic carbocycles. The van der Waals surface area contributed by atoms with Gasteiger partial charge in [-0.3, -0.25) is 9.59 Å². The molecule has 1 heterocycles. The lowest BCUT2D eigenvalue weighted by Crippen LogP contribution is -2.45. The van der Waals surface area contributed by atoms with Crippen LogP contribution in [0.4, 0.5) is 5.69 Å². The van der Waals surface area contributed by atoms with Crippen LogP contribution in [-0.4, -0.2) is 29.6 Å². The summed E-state index contributed by atoms with van der Waals surface area (Å²) in [4.78, 5) is 26.1. The Morgan fingerprint density at radius 3 is 2.68 bits per heavy atom. The Morgan fingerprint density at radius 2 is 1.92 bits per heavy atom. The molecule has 0 fully saturated rings. The molecule has 6 nitrogen and oxygen atoms in total. The minimum Gasteiger partial charge on any atom is -0.508 e. The number of hydrogen-bond donors (Lipinski definition) is 2. The van der Waals surface area contributed by atoms with Gasteiger partial charge in [-0.1, -0.05) is 24.3 Å². The van der Waals surface area contributed by atoms with Crippen LogP contribution in [0.2, 0.25) is 0 Å². The third kappa shape index (κ3) is 3.91. The van der Waals surface area contributed by atoms with Gasteiger partial charge in [0.2, 0.25) is 5.91 Å². The number of carbonyl (C=O) groups excluding carboxylic acids is 2. The van der Waals surface area contributed by atoms with Crippen molar-refractivity contribution in [2.45, 2.75) is 26.0 Å². The Bertz CT molecular complexity index is 773. The Kier molecular flexibility index (Phi) is 4.88. The molecule has 0 bridgehead atoms. The lowest BCUT2D eigenvalue weighted by molar-refractivity contribution is -0.125. The standard InChI is InChI=1S/C19H20N2O4/c1-13-19(24)21(16-4-2-3-5-17(16)25-13)11-10-18(23)20-12-14-6-8-15(22)9-7-14/h2-9,13,22H,10-12H2,1H3,(H,20,23). The van der Waals surface area contributed by atoms with Crippen LogP contribution in [0, 0.1) is 0 Å². The number of phenolic OH excluding ortho intramolecular Hbond substituents is 1. The Balaban J connectivity index is 1.58. The molecule has 2 amide bonds. The molecule has 6 heteroatoms. The molecule has 1 atom stereocenters. The second kappa shape index (κ2) is 7.25. The summed E-state index contributed by atoms with van der Waals surface area (Å²) >= 11 is 0. The molecule has 0 aromatic heterocycles. The molecule has 2 N–H and O–H groups in total. The number of benzene rings is 2. The highest BCUT2D eigenvalue weighted by molar-refractivity contribution is 6.00. The number of nitrogens with one attached hydrogen (secondary N) is 1. The van der Waals surface area contributed by atoms with Gasteiger partial charge in [-0.15, -0.1) is 0 Å². The van der Waals surface area contributed by atoms with E-state index >= 15 is 0 Å². The molecular weight excluding hydrogens is 320 g/mol. The molecule has 2 aromatic rings. The number of fused-ring (bicyclic) bond motifs is 1. The fraction of sp³-hybridized carbons (Fsp3) is 0.263. The van der Waals surface area contributed by atoms with Gasteiger partial charge in [0.25, 0.3) is 5.91 Å². The summed E-state index contributed by atoms with van der Waals surface area (Å²) in [5.74, 6) is 0.551. The molecule has 1 unspecified atom stereocenters. The smallest absolute Gasteiger partial charge is 0.267 e. The van der Waals surface area contributed by atoms with Crippen molar-refractivity contribution in [1.29, 1.82) is 0 Å². The second-order valence-corrected chi connectivity index (χ2v) is 5.91. The van der Waals surface area contributed by atoms with E-state index in [0.717, 1.165) is 5.56 Å². The largest absolute Gasteiger partial charge is 0.508 e. The first-order chi connectivity index (χ1) is 12.0. The highest BCUT2D eigenvalue weighted by Crippen LogP contribution is 2.33. The van der Waals surface area contributed by atoms with Crippen molar-refractivity contribution in [2.75, 3.05) is 11.4 Å². The molecule has 25 heavy (non-hydrogen) atoms. The molecule has 1 aliphatic rings. The highest BCUT2D eigenvalue weighted by Gasteiger charge is 2.31. The molecule has 0 spiro atoms. The molecule has 0 saturated heterocycles. The second-order valence-electron chi connectivity index (χ2n) is 5.91. The van der Waals surface area contributed by atoms with E-state index in [2.05, 4.69) is 5.32 Å². The van der Waals surface area contributed by atoms with Crippen LogP contribution in [0.25, 0.3) is 0 Å². The third-order valence-electron chi connectivity index (χ3n) is 4.06. The van der Waals surface area contributed by atoms with E-state index in [-0.39, 0.29) is 24.0 Å². The molecule has 3 rings (SSSR count). The van der Waals surface area contributed by atoms with Gasteiger partial charge in [-0.05, 0) is 36.8 Å². The van der Waals surface area contributed by atoms with Gasteiger partial charge >= 0.3 is 0 Å². The number of para-hydroxylation sites is 2. The van der Waals surface area contributed by atoms with Gasteiger partial charge < -0.3 is 20.1 Å². The van der Waals surface area contributed by atoms with Crippen molar-refractivity contribution < 1.29 is 19.4 Å². The van der Waals surface area contributed by atoms with Crippen molar-refractivity contribution in [3.05, 3.63) is 54.1 Å². The lowest BCUT2D eigenvalue weighted by Gasteiger charge is -2.32. The number of aromatic hydroxyl groups is 1. The van der Waals surface area contributed by atoms with Gasteiger partial charge in [0.05, 0.1) is 5.69 Å². The highest BCUT2D eigenvalue weighted by atomic mass is 16.5. The van der Waals surface area contributed by atoms with Crippen molar-refractivity contribution in [1.82, 2.24) is 5.32 Å². The fourth-order valence-corrected chi connectivity index (χ4v) is 2.71. The molecular formula is C19H20N2O4. The average molecular weight is 340 g/mol. The summed E-state index contributed by atoms with van der Waals surface area (Å²) in [5, 5.41) is 12.1. The molecule has 1 aliphatic heterocycles. The van der Waals surface area contributed by atoms with Crippen molar-refractivity contribution in [3.63, 3.8) is 0 Å². The first-order valence-electron chi connectivity index (χ1n) is 8.16. The summed E-state index contributed by atoms with van der Waals surface area (Å²) in [7, 11) is 0. The number of carbonyl (C=O) groups is 2. The van der Waals surface area contributed by atoms with Crippen molar-refractivity contribution >= 4 is 17.5 Å². The maximum absolute atomic E-state index is 12.4. The molecule has 2 aromatic carbocycles. The zero-order valence-electron chi connectivity index (χ0n) is 13.9. The van der Waals surface area contributed by atoms with Crippen LogP contribution in [0.5, 0.6) is 11.5 Å². The quantitative estimate of drug-likeness (QED) is 0.875. The van der Waals surface area contributed by atoms with Crippen LogP contribution in [0.15, 0.2) is 48.5 Å². The summed E-state index contributed by atoms with van der Waals surface area (Å²) in [5.41, 5.74) is 1.59. The van der Waals surface area contributed by atoms with E-state index < -0.39 is 6.10 Å². The number of rotatable bonds is 5. The minimum atomic E-state index is -0.560. The minimum absolute atomic E-state index is 0.141. The SMILES string of the molecule is CC1Oc2ccccc2N(CCC(=O)NCc2ccc(O)cc2)C1=O. The Morgan fingerprint density at radius 1 is 1.20 bits per heavy atom. The number of ether oxygens (including phenoxy) is 1. The number of anilines is 1. The van der Waals surface area contributed by atoms with E-state index in [4.69, 9.17) is 4.74 Å². The predicted octanol–water partition coefficient (Wildman–Crippen LogP) is 2.21. The zero-order valence-corrected chi connectivity index (χ0v) is 13.9. The third-order valence-corrected chi connectivity index (χ3v) is 4.06. The maximum Gasteiger partial charge on any atom is 0.267 e. The predicted molar refractivity (Wildman–Crippen MR) is 93.5 cm³/mol. The van der Waals surface area contributed by atoms with E-state index in [1.165, 1.54) is 0 Å². The van der Waals surface area contributed by atoms with E-state index in [1.54, 1.807) is 36.1 Å². The monoisotopic (exact) mass is 340 g/mol. The van der Waals surface area contributed by atoms with Crippen molar-refractivity contribution in [2.24, 2.45) is 0 Å². The van der Waals surface area contributed by atoms with E-state index in [9.17, 15) is 14.7 Å². The normalized spacial score (nSPS) is 16.1. The van der Waals surface area contributed by atoms with Crippen LogP contribution in [0.1, 0.15) is 18.9 Å². The number of phenols is 1. The van der Waals surface area contributed by atoms with Crippen LogP contribution < -0.4 is 15.0 Å². The van der Waals surface area contributed by atoms with Crippen LogP contribution in [0.3, 0.4) is 0 Å². The fourth-order valence-electron chi connectivity index (χ4n) is 2.71. The zero-order chi connectivity index (χ0) is 17.8. The van der Waals surface area contributed by atoms with Gasteiger partial charge in [0.1, 0.15) is 11.5 Å². The van der Waals surface area contributed by atoms with Crippen LogP contribution >= 0.6 is 0 Å². The Labute approximate surface area is 146 Å². The van der Waals surface area contributed by atoms with Gasteiger partial charge in [-0.2, -0.15) is 0 Å². The van der Waals surface area contributed by atoms with Gasteiger partial charge in [0, 0.05) is 19.5 Å². The maximum atomic E-state index is 12.4. The number of amides is 2. The summed E-state index contributed by atoms with van der Waals surface area (Å²) in [6.45, 7) is 2.38. The van der Waals surface area contributed by atoms with Crippen LogP contribution in [-0.2, 0) is 16.1 Å². The first kappa shape index (κ1) is 16.8. The van der Waals surface area contributed by atoms with E-state index in [0.29, 0.717) is 24.5 Å². The van der Waals surface area contributed by atoms with Crippen molar-refractivity contribution in [3.8, 4) is 11.5 Å². The number of nitrogens with zero attached hydrogens (tertiary/aromatic N) is 1. The summed E-state index contributed by atoms with van der Waals surface area (Å²) < 4.78 is 5.58. The van der Waals surface area contributed by atoms with Gasteiger partial charge in [0.15, 0.2) is 6.10 Å². The van der Waals surface area contributed by atoms with E-state index in [1.807, 2.05) is 24.3 Å². The molecule has 0 saturated carbocycles. The topological polar surface area (TPSA) is 78.9 Å². The Hall–Kier alpha value is -3.02. The first-order valence-corrected chi connectivity index (χ1v) is 8.16.